The minimum absolute atomic E-state index is 0.496. The third-order valence-electron chi connectivity index (χ3n) is 4.61. The molecule has 0 spiro atoms. The van der Waals surface area contributed by atoms with Gasteiger partial charge in [-0.05, 0) is 49.9 Å². The average Bonchev–Trinajstić information content (AvgIpc) is 2.78. The summed E-state index contributed by atoms with van der Waals surface area (Å²) in [4.78, 5) is 0. The molecule has 2 rings (SSSR count). The minimum atomic E-state index is 0.496. The molecule has 1 heterocycles. The van der Waals surface area contributed by atoms with Crippen LogP contribution in [0, 0.1) is 11.3 Å². The van der Waals surface area contributed by atoms with Crippen molar-refractivity contribution in [3.63, 3.8) is 0 Å². The predicted octanol–water partition coefficient (Wildman–Crippen LogP) is 3.36. The summed E-state index contributed by atoms with van der Waals surface area (Å²) in [6, 6.07) is 0.748. The maximum absolute atomic E-state index is 5.66. The molecule has 1 atom stereocenters. The Morgan fingerprint density at radius 3 is 2.29 bits per heavy atom. The van der Waals surface area contributed by atoms with Crippen LogP contribution in [0.1, 0.15) is 59.3 Å². The maximum Gasteiger partial charge on any atom is 0.0700 e. The number of hydrogen-bond acceptors (Lipinski definition) is 2. The van der Waals surface area contributed by atoms with Crippen molar-refractivity contribution in [2.75, 3.05) is 13.2 Å². The lowest BCUT2D eigenvalue weighted by molar-refractivity contribution is 0.100. The smallest absolute Gasteiger partial charge is 0.0700 e. The molecule has 0 unspecified atom stereocenters. The number of ether oxygens (including phenoxy) is 1. The molecule has 0 radical (unpaired) electrons. The van der Waals surface area contributed by atoms with Crippen molar-refractivity contribution >= 4 is 0 Å². The van der Waals surface area contributed by atoms with Crippen LogP contribution >= 0.6 is 0 Å². The average molecular weight is 239 g/mol. The molecule has 1 saturated heterocycles. The van der Waals surface area contributed by atoms with Gasteiger partial charge in [0.05, 0.1) is 6.10 Å². The summed E-state index contributed by atoms with van der Waals surface area (Å²) < 4.78 is 5.66. The Labute approximate surface area is 107 Å². The van der Waals surface area contributed by atoms with Crippen molar-refractivity contribution in [1.29, 1.82) is 0 Å². The number of rotatable bonds is 3. The molecule has 1 N–H and O–H groups in total. The van der Waals surface area contributed by atoms with Crippen molar-refractivity contribution in [2.45, 2.75) is 71.4 Å². The van der Waals surface area contributed by atoms with Crippen LogP contribution in [0.2, 0.25) is 0 Å². The molecule has 1 saturated carbocycles. The Balaban J connectivity index is 1.65. The molecule has 2 heteroatoms. The third-order valence-corrected chi connectivity index (χ3v) is 4.61. The molecule has 2 fully saturated rings. The summed E-state index contributed by atoms with van der Waals surface area (Å²) in [7, 11) is 0. The second-order valence-electron chi connectivity index (χ2n) is 6.96. The van der Waals surface area contributed by atoms with E-state index in [0.29, 0.717) is 11.5 Å². The topological polar surface area (TPSA) is 21.3 Å². The summed E-state index contributed by atoms with van der Waals surface area (Å²) >= 11 is 0. The zero-order chi connectivity index (χ0) is 12.3. The van der Waals surface area contributed by atoms with E-state index in [9.17, 15) is 0 Å². The van der Waals surface area contributed by atoms with Crippen LogP contribution in [0.15, 0.2) is 0 Å². The van der Waals surface area contributed by atoms with E-state index in [-0.39, 0.29) is 0 Å². The first kappa shape index (κ1) is 13.4. The quantitative estimate of drug-likeness (QED) is 0.815. The lowest BCUT2D eigenvalue weighted by atomic mass is 9.71. The van der Waals surface area contributed by atoms with E-state index in [1.165, 1.54) is 38.5 Å². The largest absolute Gasteiger partial charge is 0.377 e. The van der Waals surface area contributed by atoms with Crippen molar-refractivity contribution < 1.29 is 4.74 Å². The lowest BCUT2D eigenvalue weighted by Gasteiger charge is -2.37. The summed E-state index contributed by atoms with van der Waals surface area (Å²) in [6.07, 6.45) is 8.51. The van der Waals surface area contributed by atoms with Crippen molar-refractivity contribution in [1.82, 2.24) is 5.32 Å². The Morgan fingerprint density at radius 1 is 1.06 bits per heavy atom. The van der Waals surface area contributed by atoms with E-state index < -0.39 is 0 Å². The van der Waals surface area contributed by atoms with Crippen LogP contribution in [-0.2, 0) is 4.74 Å². The fourth-order valence-corrected chi connectivity index (χ4v) is 3.27. The lowest BCUT2D eigenvalue weighted by Crippen LogP contribution is -2.39. The van der Waals surface area contributed by atoms with Crippen LogP contribution in [0.4, 0.5) is 0 Å². The Bertz CT molecular complexity index is 220. The van der Waals surface area contributed by atoms with Gasteiger partial charge in [0.1, 0.15) is 0 Å². The van der Waals surface area contributed by atoms with E-state index in [1.807, 2.05) is 0 Å². The molecule has 0 aromatic carbocycles. The molecule has 0 aromatic rings. The number of nitrogens with one attached hydrogen (secondary N) is 1. The standard InChI is InChI=1S/C15H29NO/c1-15(2,3)12-6-8-13(9-7-12)16-11-14-5-4-10-17-14/h12-14,16H,4-11H2,1-3H3/t12?,13?,14-/m1/s1. The Morgan fingerprint density at radius 2 is 1.76 bits per heavy atom. The highest BCUT2D eigenvalue weighted by atomic mass is 16.5. The third kappa shape index (κ3) is 3.96. The normalized spacial score (nSPS) is 35.1. The van der Waals surface area contributed by atoms with Crippen LogP contribution < -0.4 is 5.32 Å². The molecule has 17 heavy (non-hydrogen) atoms. The van der Waals surface area contributed by atoms with Crippen molar-refractivity contribution in [3.8, 4) is 0 Å². The first-order valence-corrected chi connectivity index (χ1v) is 7.40. The first-order valence-electron chi connectivity index (χ1n) is 7.40. The Hall–Kier alpha value is -0.0800. The van der Waals surface area contributed by atoms with Gasteiger partial charge in [-0.2, -0.15) is 0 Å². The van der Waals surface area contributed by atoms with Crippen LogP contribution in [-0.4, -0.2) is 25.3 Å². The van der Waals surface area contributed by atoms with E-state index in [2.05, 4.69) is 26.1 Å². The minimum Gasteiger partial charge on any atom is -0.377 e. The van der Waals surface area contributed by atoms with Crippen LogP contribution in [0.3, 0.4) is 0 Å². The van der Waals surface area contributed by atoms with Gasteiger partial charge in [-0.25, -0.2) is 0 Å². The van der Waals surface area contributed by atoms with Gasteiger partial charge in [0.25, 0.3) is 0 Å². The van der Waals surface area contributed by atoms with Gasteiger partial charge in [0.15, 0.2) is 0 Å². The van der Waals surface area contributed by atoms with E-state index in [1.54, 1.807) is 0 Å². The predicted molar refractivity (Wildman–Crippen MR) is 72.2 cm³/mol. The fourth-order valence-electron chi connectivity index (χ4n) is 3.27. The van der Waals surface area contributed by atoms with E-state index >= 15 is 0 Å². The second-order valence-corrected chi connectivity index (χ2v) is 6.96. The van der Waals surface area contributed by atoms with E-state index in [4.69, 9.17) is 4.74 Å². The molecular weight excluding hydrogens is 210 g/mol. The van der Waals surface area contributed by atoms with Gasteiger partial charge in [0, 0.05) is 19.2 Å². The molecule has 0 bridgehead atoms. The van der Waals surface area contributed by atoms with Gasteiger partial charge in [0.2, 0.25) is 0 Å². The first-order chi connectivity index (χ1) is 8.05. The Kier molecular flexibility index (Phi) is 4.48. The number of hydrogen-bond donors (Lipinski definition) is 1. The molecule has 0 aromatic heterocycles. The molecule has 2 nitrogen and oxygen atoms in total. The SMILES string of the molecule is CC(C)(C)C1CCC(NC[C@H]2CCCO2)CC1. The zero-order valence-electron chi connectivity index (χ0n) is 11.8. The van der Waals surface area contributed by atoms with E-state index in [0.717, 1.165) is 25.1 Å². The monoisotopic (exact) mass is 239 g/mol. The zero-order valence-corrected chi connectivity index (χ0v) is 11.8. The van der Waals surface area contributed by atoms with Crippen molar-refractivity contribution in [2.24, 2.45) is 11.3 Å². The summed E-state index contributed by atoms with van der Waals surface area (Å²) in [6.45, 7) is 9.21. The maximum atomic E-state index is 5.66. The fraction of sp³-hybridized carbons (Fsp3) is 1.00. The van der Waals surface area contributed by atoms with Crippen molar-refractivity contribution in [3.05, 3.63) is 0 Å². The summed E-state index contributed by atoms with van der Waals surface area (Å²) in [5.74, 6) is 0.920. The van der Waals surface area contributed by atoms with Gasteiger partial charge in [-0.1, -0.05) is 20.8 Å². The second kappa shape index (κ2) is 5.71. The molecule has 1 aliphatic heterocycles. The summed E-state index contributed by atoms with van der Waals surface area (Å²) in [5.41, 5.74) is 0.500. The molecular formula is C15H29NO. The van der Waals surface area contributed by atoms with Crippen LogP contribution in [0.25, 0.3) is 0 Å². The van der Waals surface area contributed by atoms with Gasteiger partial charge >= 0.3 is 0 Å². The summed E-state index contributed by atoms with van der Waals surface area (Å²) in [5, 5.41) is 3.71. The van der Waals surface area contributed by atoms with Gasteiger partial charge < -0.3 is 10.1 Å². The molecule has 2 aliphatic rings. The van der Waals surface area contributed by atoms with Crippen LogP contribution in [0.5, 0.6) is 0 Å². The highest BCUT2D eigenvalue weighted by Crippen LogP contribution is 2.37. The van der Waals surface area contributed by atoms with Gasteiger partial charge in [-0.3, -0.25) is 0 Å². The molecule has 1 aliphatic carbocycles. The molecule has 0 amide bonds. The van der Waals surface area contributed by atoms with Gasteiger partial charge in [-0.15, -0.1) is 0 Å². The highest BCUT2D eigenvalue weighted by molar-refractivity contribution is 4.84. The molecule has 100 valence electrons. The highest BCUT2D eigenvalue weighted by Gasteiger charge is 2.29.